The fraction of sp³-hybridized carbons (Fsp3) is 0.455. The van der Waals surface area contributed by atoms with Crippen LogP contribution in [0.3, 0.4) is 0 Å². The molecule has 3 heterocycles. The number of nitrogens with one attached hydrogen (secondary N) is 1. The van der Waals surface area contributed by atoms with Gasteiger partial charge in [0.25, 0.3) is 5.91 Å². The molecule has 154 valence electrons. The van der Waals surface area contributed by atoms with Gasteiger partial charge >= 0.3 is 0 Å². The molecule has 1 N–H and O–H groups in total. The van der Waals surface area contributed by atoms with Crippen LogP contribution in [0.5, 0.6) is 0 Å². The van der Waals surface area contributed by atoms with Gasteiger partial charge in [0.15, 0.2) is 5.65 Å². The highest BCUT2D eigenvalue weighted by Gasteiger charge is 2.35. The molecule has 8 nitrogen and oxygen atoms in total. The number of nitrogens with zero attached hydrogens (tertiary/aromatic N) is 6. The normalized spacial score (nSPS) is 15.1. The summed E-state index contributed by atoms with van der Waals surface area (Å²) in [5.41, 5.74) is 3.83. The number of hydrogen-bond donors (Lipinski definition) is 1. The van der Waals surface area contributed by atoms with E-state index in [1.54, 1.807) is 12.4 Å². The van der Waals surface area contributed by atoms with E-state index in [2.05, 4.69) is 44.8 Å². The van der Waals surface area contributed by atoms with Crippen molar-refractivity contribution in [3.8, 4) is 6.07 Å². The van der Waals surface area contributed by atoms with Crippen molar-refractivity contribution in [3.63, 3.8) is 0 Å². The lowest BCUT2D eigenvalue weighted by Crippen LogP contribution is -2.38. The third-order valence-electron chi connectivity index (χ3n) is 5.82. The smallest absolute Gasteiger partial charge is 0.272 e. The standard InChI is InChI=1S/C22H25N7O/c1-12(2)29-20-18(14(4)16(8-23)10-26-20)27-21(29)19(15-6-5-7-15)28-22(30)17-11-24-13(3)9-25-17/h9-12,15,19H,5-7H2,1-4H3,(H,28,30)/t19-/m0/s1. The Morgan fingerprint density at radius 3 is 2.53 bits per heavy atom. The molecular formula is C22H25N7O. The molecule has 1 aliphatic carbocycles. The minimum absolute atomic E-state index is 0.100. The number of amides is 1. The summed E-state index contributed by atoms with van der Waals surface area (Å²) >= 11 is 0. The van der Waals surface area contributed by atoms with Crippen molar-refractivity contribution in [2.75, 3.05) is 0 Å². The SMILES string of the molecule is Cc1cnc(C(=O)N[C@H](c2nc3c(C)c(C#N)cnc3n2C(C)C)C2CCC2)cn1. The molecule has 0 unspecified atom stereocenters. The first-order chi connectivity index (χ1) is 14.4. The lowest BCUT2D eigenvalue weighted by molar-refractivity contribution is 0.0888. The van der Waals surface area contributed by atoms with E-state index >= 15 is 0 Å². The molecule has 0 bridgehead atoms. The number of carbonyl (C=O) groups is 1. The van der Waals surface area contributed by atoms with Crippen LogP contribution in [-0.2, 0) is 0 Å². The maximum atomic E-state index is 12.9. The van der Waals surface area contributed by atoms with Gasteiger partial charge in [-0.15, -0.1) is 0 Å². The van der Waals surface area contributed by atoms with Crippen LogP contribution in [0.15, 0.2) is 18.6 Å². The predicted molar refractivity (Wildman–Crippen MR) is 112 cm³/mol. The van der Waals surface area contributed by atoms with Gasteiger partial charge in [-0.05, 0) is 52.0 Å². The number of carbonyl (C=O) groups excluding carboxylic acids is 1. The number of pyridine rings is 1. The second-order valence-corrected chi connectivity index (χ2v) is 8.20. The number of aromatic nitrogens is 5. The molecule has 1 saturated carbocycles. The van der Waals surface area contributed by atoms with Gasteiger partial charge in [-0.3, -0.25) is 9.78 Å². The van der Waals surface area contributed by atoms with E-state index in [0.29, 0.717) is 22.7 Å². The molecule has 0 aliphatic heterocycles. The Hall–Kier alpha value is -3.34. The molecule has 3 aromatic rings. The van der Waals surface area contributed by atoms with Crippen LogP contribution in [0.1, 0.15) is 78.3 Å². The van der Waals surface area contributed by atoms with Crippen molar-refractivity contribution in [1.29, 1.82) is 5.26 Å². The molecule has 4 rings (SSSR count). The highest BCUT2D eigenvalue weighted by molar-refractivity contribution is 5.92. The van der Waals surface area contributed by atoms with E-state index < -0.39 is 0 Å². The molecule has 0 aromatic carbocycles. The van der Waals surface area contributed by atoms with E-state index in [0.717, 1.165) is 42.0 Å². The Labute approximate surface area is 175 Å². The highest BCUT2D eigenvalue weighted by atomic mass is 16.2. The zero-order valence-electron chi connectivity index (χ0n) is 17.7. The predicted octanol–water partition coefficient (Wildman–Crippen LogP) is 3.56. The van der Waals surface area contributed by atoms with Crippen LogP contribution in [0.25, 0.3) is 11.2 Å². The largest absolute Gasteiger partial charge is 0.340 e. The molecule has 1 atom stereocenters. The van der Waals surface area contributed by atoms with Gasteiger partial charge in [-0.1, -0.05) is 6.42 Å². The summed E-state index contributed by atoms with van der Waals surface area (Å²) in [6.07, 6.45) is 7.88. The molecule has 3 aromatic heterocycles. The summed E-state index contributed by atoms with van der Waals surface area (Å²) in [5, 5.41) is 12.5. The van der Waals surface area contributed by atoms with Gasteiger partial charge in [-0.2, -0.15) is 5.26 Å². The van der Waals surface area contributed by atoms with Crippen LogP contribution in [-0.4, -0.2) is 30.4 Å². The molecule has 1 fully saturated rings. The van der Waals surface area contributed by atoms with E-state index in [9.17, 15) is 10.1 Å². The molecule has 8 heteroatoms. The summed E-state index contributed by atoms with van der Waals surface area (Å²) in [6.45, 7) is 7.88. The minimum Gasteiger partial charge on any atom is -0.340 e. The summed E-state index contributed by atoms with van der Waals surface area (Å²) in [7, 11) is 0. The zero-order valence-corrected chi connectivity index (χ0v) is 17.7. The summed E-state index contributed by atoms with van der Waals surface area (Å²) < 4.78 is 2.08. The van der Waals surface area contributed by atoms with Crippen LogP contribution in [0.4, 0.5) is 0 Å². The minimum atomic E-state index is -0.260. The summed E-state index contributed by atoms with van der Waals surface area (Å²) in [4.78, 5) is 30.8. The molecule has 1 aliphatic rings. The van der Waals surface area contributed by atoms with Crippen LogP contribution >= 0.6 is 0 Å². The number of rotatable bonds is 5. The average Bonchev–Trinajstić information content (AvgIpc) is 3.07. The van der Waals surface area contributed by atoms with E-state index in [4.69, 9.17) is 4.98 Å². The Balaban J connectivity index is 1.80. The fourth-order valence-corrected chi connectivity index (χ4v) is 3.90. The van der Waals surface area contributed by atoms with E-state index in [1.807, 2.05) is 13.8 Å². The number of hydrogen-bond acceptors (Lipinski definition) is 6. The van der Waals surface area contributed by atoms with Gasteiger partial charge in [-0.25, -0.2) is 15.0 Å². The number of nitriles is 1. The van der Waals surface area contributed by atoms with Gasteiger partial charge in [0.1, 0.15) is 23.1 Å². The number of aryl methyl sites for hydroxylation is 2. The van der Waals surface area contributed by atoms with Gasteiger partial charge < -0.3 is 9.88 Å². The van der Waals surface area contributed by atoms with Crippen LogP contribution in [0, 0.1) is 31.1 Å². The molecule has 1 amide bonds. The summed E-state index contributed by atoms with van der Waals surface area (Å²) in [6, 6.07) is 2.03. The molecule has 0 saturated heterocycles. The maximum absolute atomic E-state index is 12.9. The Bertz CT molecular complexity index is 1140. The van der Waals surface area contributed by atoms with Crippen molar-refractivity contribution in [2.24, 2.45) is 5.92 Å². The number of imidazole rings is 1. The number of fused-ring (bicyclic) bond motifs is 1. The third kappa shape index (κ3) is 3.41. The fourth-order valence-electron chi connectivity index (χ4n) is 3.90. The molecule has 30 heavy (non-hydrogen) atoms. The lowest BCUT2D eigenvalue weighted by atomic mass is 9.79. The Morgan fingerprint density at radius 2 is 1.97 bits per heavy atom. The molecular weight excluding hydrogens is 378 g/mol. The zero-order chi connectivity index (χ0) is 21.4. The average molecular weight is 403 g/mol. The second-order valence-electron chi connectivity index (χ2n) is 8.20. The van der Waals surface area contributed by atoms with E-state index in [-0.39, 0.29) is 18.0 Å². The maximum Gasteiger partial charge on any atom is 0.272 e. The second kappa shape index (κ2) is 7.82. The lowest BCUT2D eigenvalue weighted by Gasteiger charge is -2.34. The first kappa shape index (κ1) is 20.0. The third-order valence-corrected chi connectivity index (χ3v) is 5.82. The first-order valence-corrected chi connectivity index (χ1v) is 10.3. The van der Waals surface area contributed by atoms with Crippen molar-refractivity contribution in [3.05, 3.63) is 46.9 Å². The van der Waals surface area contributed by atoms with Crippen molar-refractivity contribution >= 4 is 17.1 Å². The topological polar surface area (TPSA) is 109 Å². The Kier molecular flexibility index (Phi) is 5.20. The van der Waals surface area contributed by atoms with Gasteiger partial charge in [0, 0.05) is 18.4 Å². The monoisotopic (exact) mass is 403 g/mol. The van der Waals surface area contributed by atoms with Crippen LogP contribution in [0.2, 0.25) is 0 Å². The Morgan fingerprint density at radius 1 is 1.20 bits per heavy atom. The molecule has 0 spiro atoms. The van der Waals surface area contributed by atoms with Crippen LogP contribution < -0.4 is 5.32 Å². The highest BCUT2D eigenvalue weighted by Crippen LogP contribution is 2.39. The van der Waals surface area contributed by atoms with E-state index in [1.165, 1.54) is 6.20 Å². The quantitative estimate of drug-likeness (QED) is 0.697. The van der Waals surface area contributed by atoms with Crippen molar-refractivity contribution < 1.29 is 4.79 Å². The van der Waals surface area contributed by atoms with Gasteiger partial charge in [0.05, 0.1) is 23.5 Å². The van der Waals surface area contributed by atoms with Gasteiger partial charge in [0.2, 0.25) is 0 Å². The van der Waals surface area contributed by atoms with Crippen molar-refractivity contribution in [1.82, 2.24) is 29.8 Å². The van der Waals surface area contributed by atoms with Crippen molar-refractivity contribution in [2.45, 2.75) is 59.0 Å². The molecule has 0 radical (unpaired) electrons. The first-order valence-electron chi connectivity index (χ1n) is 10.3. The summed E-state index contributed by atoms with van der Waals surface area (Å²) in [5.74, 6) is 0.824.